The third-order valence-corrected chi connectivity index (χ3v) is 8.49. The van der Waals surface area contributed by atoms with Crippen molar-refractivity contribution >= 4 is 21.4 Å². The first kappa shape index (κ1) is 19.6. The van der Waals surface area contributed by atoms with Crippen LogP contribution in [-0.4, -0.2) is 50.0 Å². The minimum Gasteiger partial charge on any atom is -0.379 e. The van der Waals surface area contributed by atoms with Crippen molar-refractivity contribution in [2.75, 3.05) is 31.6 Å². The maximum Gasteiger partial charge on any atom is 0.293 e. The zero-order valence-electron chi connectivity index (χ0n) is 16.0. The topological polar surface area (TPSA) is 102 Å². The number of ether oxygens (including phenoxy) is 1. The van der Waals surface area contributed by atoms with Gasteiger partial charge in [-0.2, -0.15) is 4.31 Å². The lowest BCUT2D eigenvalue weighted by Gasteiger charge is -2.29. The molecule has 0 radical (unpaired) electrons. The van der Waals surface area contributed by atoms with E-state index in [1.165, 1.54) is 48.2 Å². The molecule has 0 unspecified atom stereocenters. The fourth-order valence-corrected chi connectivity index (χ4v) is 6.57. The number of nitrogens with zero attached hydrogens (tertiary/aromatic N) is 2. The molecule has 4 rings (SSSR count). The maximum atomic E-state index is 12.8. The number of nitro groups is 1. The average Bonchev–Trinajstić information content (AvgIpc) is 3.32. The molecule has 3 aliphatic rings. The molecule has 8 nitrogen and oxygen atoms in total. The van der Waals surface area contributed by atoms with Crippen molar-refractivity contribution < 1.29 is 18.1 Å². The predicted octanol–water partition coefficient (Wildman–Crippen LogP) is 2.85. The van der Waals surface area contributed by atoms with Gasteiger partial charge < -0.3 is 10.1 Å². The molecule has 2 aliphatic carbocycles. The molecular formula is C19H27N3O5S. The zero-order valence-corrected chi connectivity index (χ0v) is 16.9. The van der Waals surface area contributed by atoms with E-state index in [4.69, 9.17) is 4.74 Å². The third-order valence-electron chi connectivity index (χ3n) is 6.59. The summed E-state index contributed by atoms with van der Waals surface area (Å²) in [5.74, 6) is 2.03. The van der Waals surface area contributed by atoms with Crippen LogP contribution >= 0.6 is 0 Å². The summed E-state index contributed by atoms with van der Waals surface area (Å²) in [4.78, 5) is 11.1. The lowest BCUT2D eigenvalue weighted by atomic mass is 9.84. The largest absolute Gasteiger partial charge is 0.379 e. The molecule has 1 saturated heterocycles. The van der Waals surface area contributed by atoms with Gasteiger partial charge in [0.15, 0.2) is 0 Å². The van der Waals surface area contributed by atoms with Crippen molar-refractivity contribution in [2.24, 2.45) is 17.8 Å². The second-order valence-electron chi connectivity index (χ2n) is 8.22. The number of morpholine rings is 1. The molecule has 9 heteroatoms. The van der Waals surface area contributed by atoms with Crippen LogP contribution in [0.5, 0.6) is 0 Å². The van der Waals surface area contributed by atoms with Crippen molar-refractivity contribution in [3.05, 3.63) is 28.3 Å². The summed E-state index contributed by atoms with van der Waals surface area (Å²) in [5, 5.41) is 15.0. The number of sulfonamides is 1. The first-order valence-electron chi connectivity index (χ1n) is 9.99. The van der Waals surface area contributed by atoms with E-state index in [2.05, 4.69) is 12.2 Å². The normalized spacial score (nSPS) is 29.0. The van der Waals surface area contributed by atoms with Crippen LogP contribution in [0.1, 0.15) is 32.6 Å². The highest BCUT2D eigenvalue weighted by Crippen LogP contribution is 2.50. The molecule has 0 amide bonds. The molecule has 1 aromatic carbocycles. The number of fused-ring (bicyclic) bond motifs is 2. The molecule has 2 saturated carbocycles. The maximum absolute atomic E-state index is 12.8. The van der Waals surface area contributed by atoms with Gasteiger partial charge in [-0.25, -0.2) is 8.42 Å². The summed E-state index contributed by atoms with van der Waals surface area (Å²) < 4.78 is 32.2. The van der Waals surface area contributed by atoms with Gasteiger partial charge in [-0.3, -0.25) is 10.1 Å². The molecular weight excluding hydrogens is 382 g/mol. The molecule has 3 fully saturated rings. The van der Waals surface area contributed by atoms with Crippen LogP contribution in [0.2, 0.25) is 0 Å². The van der Waals surface area contributed by atoms with E-state index in [1.807, 2.05) is 0 Å². The summed E-state index contributed by atoms with van der Waals surface area (Å²) in [6, 6.07) is 4.31. The Hall–Kier alpha value is -1.71. The van der Waals surface area contributed by atoms with E-state index >= 15 is 0 Å². The second kappa shape index (κ2) is 7.61. The average molecular weight is 410 g/mol. The van der Waals surface area contributed by atoms with Crippen LogP contribution in [0.15, 0.2) is 23.1 Å². The van der Waals surface area contributed by atoms with E-state index in [9.17, 15) is 18.5 Å². The summed E-state index contributed by atoms with van der Waals surface area (Å²) in [5.41, 5.74) is 0.200. The Bertz CT molecular complexity index is 853. The van der Waals surface area contributed by atoms with Gasteiger partial charge in [0, 0.05) is 25.2 Å². The number of anilines is 1. The second-order valence-corrected chi connectivity index (χ2v) is 10.2. The Morgan fingerprint density at radius 3 is 2.61 bits per heavy atom. The van der Waals surface area contributed by atoms with Crippen LogP contribution in [0.25, 0.3) is 0 Å². The minimum atomic E-state index is -3.76. The number of rotatable bonds is 6. The van der Waals surface area contributed by atoms with Gasteiger partial charge in [0.1, 0.15) is 5.69 Å². The molecule has 1 aliphatic heterocycles. The Balaban J connectivity index is 1.56. The van der Waals surface area contributed by atoms with Gasteiger partial charge >= 0.3 is 0 Å². The summed E-state index contributed by atoms with van der Waals surface area (Å²) in [6.07, 6.45) is 5.01. The van der Waals surface area contributed by atoms with Crippen molar-refractivity contribution in [1.82, 2.24) is 4.31 Å². The van der Waals surface area contributed by atoms with Gasteiger partial charge in [0.2, 0.25) is 10.0 Å². The molecule has 28 heavy (non-hydrogen) atoms. The highest BCUT2D eigenvalue weighted by Gasteiger charge is 2.42. The highest BCUT2D eigenvalue weighted by molar-refractivity contribution is 7.89. The standard InChI is InChI=1S/C19H27N3O5S/c1-13(17-11-14-2-3-15(17)10-14)20-18-5-4-16(12-19(18)22(23)24)28(25,26)21-6-8-27-9-7-21/h4-5,12-15,17,20H,2-3,6-11H2,1H3/t13-,14+,15+,17-/m1/s1. The Morgan fingerprint density at radius 1 is 1.25 bits per heavy atom. The van der Waals surface area contributed by atoms with Crippen LogP contribution < -0.4 is 5.32 Å². The van der Waals surface area contributed by atoms with Gasteiger partial charge in [-0.05, 0) is 56.1 Å². The Kier molecular flexibility index (Phi) is 5.32. The lowest BCUT2D eigenvalue weighted by Crippen LogP contribution is -2.40. The van der Waals surface area contributed by atoms with Crippen LogP contribution in [0, 0.1) is 27.9 Å². The first-order valence-corrected chi connectivity index (χ1v) is 11.4. The summed E-state index contributed by atoms with van der Waals surface area (Å²) >= 11 is 0. The van der Waals surface area contributed by atoms with E-state index in [-0.39, 0.29) is 29.7 Å². The fraction of sp³-hybridized carbons (Fsp3) is 0.684. The van der Waals surface area contributed by atoms with Crippen molar-refractivity contribution in [2.45, 2.75) is 43.5 Å². The highest BCUT2D eigenvalue weighted by atomic mass is 32.2. The summed E-state index contributed by atoms with van der Waals surface area (Å²) in [6.45, 7) is 3.27. The first-order chi connectivity index (χ1) is 13.4. The SMILES string of the molecule is C[C@@H](Nc1ccc(S(=O)(=O)N2CCOCC2)cc1[N+](=O)[O-])[C@H]1C[C@H]2CC[C@H]1C2. The Morgan fingerprint density at radius 2 is 2.00 bits per heavy atom. The minimum absolute atomic E-state index is 0.0424. The van der Waals surface area contributed by atoms with Gasteiger partial charge in [-0.15, -0.1) is 0 Å². The quantitative estimate of drug-likeness (QED) is 0.573. The number of hydrogen-bond acceptors (Lipinski definition) is 6. The molecule has 1 N–H and O–H groups in total. The zero-order chi connectivity index (χ0) is 19.9. The van der Waals surface area contributed by atoms with Crippen LogP contribution in [-0.2, 0) is 14.8 Å². The van der Waals surface area contributed by atoms with Crippen LogP contribution in [0.4, 0.5) is 11.4 Å². The van der Waals surface area contributed by atoms with E-state index < -0.39 is 14.9 Å². The molecule has 2 bridgehead atoms. The van der Waals surface area contributed by atoms with E-state index in [0.29, 0.717) is 30.7 Å². The third kappa shape index (κ3) is 3.62. The number of benzene rings is 1. The lowest BCUT2D eigenvalue weighted by molar-refractivity contribution is -0.384. The summed E-state index contributed by atoms with van der Waals surface area (Å²) in [7, 11) is -3.76. The molecule has 0 aromatic heterocycles. The van der Waals surface area contributed by atoms with Crippen molar-refractivity contribution in [1.29, 1.82) is 0 Å². The van der Waals surface area contributed by atoms with Crippen molar-refractivity contribution in [3.63, 3.8) is 0 Å². The molecule has 1 heterocycles. The van der Waals surface area contributed by atoms with E-state index in [1.54, 1.807) is 0 Å². The number of hydrogen-bond donors (Lipinski definition) is 1. The molecule has 0 spiro atoms. The number of nitro benzene ring substituents is 1. The smallest absolute Gasteiger partial charge is 0.293 e. The molecule has 1 aromatic rings. The Labute approximate surface area is 165 Å². The molecule has 4 atom stereocenters. The van der Waals surface area contributed by atoms with E-state index in [0.717, 1.165) is 5.92 Å². The molecule has 154 valence electrons. The van der Waals surface area contributed by atoms with Gasteiger partial charge in [-0.1, -0.05) is 6.42 Å². The van der Waals surface area contributed by atoms with Crippen molar-refractivity contribution in [3.8, 4) is 0 Å². The van der Waals surface area contributed by atoms with Gasteiger partial charge in [0.05, 0.1) is 23.0 Å². The fourth-order valence-electron chi connectivity index (χ4n) is 5.14. The van der Waals surface area contributed by atoms with Gasteiger partial charge in [0.25, 0.3) is 5.69 Å². The predicted molar refractivity (Wildman–Crippen MR) is 105 cm³/mol. The van der Waals surface area contributed by atoms with Crippen LogP contribution in [0.3, 0.4) is 0 Å². The monoisotopic (exact) mass is 409 g/mol. The number of nitrogens with one attached hydrogen (secondary N) is 1.